The lowest BCUT2D eigenvalue weighted by Gasteiger charge is -1.98. The number of aromatic nitrogens is 2. The maximum atomic E-state index is 10.8. The molecule has 0 atom stereocenters. The van der Waals surface area contributed by atoms with E-state index in [1.165, 1.54) is 13.3 Å². The fourth-order valence-electron chi connectivity index (χ4n) is 0.596. The number of hydrogen-bond donors (Lipinski definition) is 3. The number of rotatable bonds is 2. The van der Waals surface area contributed by atoms with Crippen molar-refractivity contribution in [3.63, 3.8) is 0 Å². The standard InChI is InChI=1S/C5H7N3O3/c1-11-8-3-2-6-5(10)7-4(3)9/h2,8H,1H3,(H2,6,7,9,10). The van der Waals surface area contributed by atoms with Crippen molar-refractivity contribution in [1.29, 1.82) is 0 Å². The molecule has 0 aliphatic carbocycles. The molecule has 0 aliphatic rings. The largest absolute Gasteiger partial charge is 0.325 e. The molecule has 0 bridgehead atoms. The fraction of sp³-hybridized carbons (Fsp3) is 0.200. The van der Waals surface area contributed by atoms with E-state index in [0.29, 0.717) is 0 Å². The first-order valence-electron chi connectivity index (χ1n) is 2.85. The van der Waals surface area contributed by atoms with Crippen molar-refractivity contribution in [3.05, 3.63) is 27.0 Å². The zero-order valence-corrected chi connectivity index (χ0v) is 5.80. The lowest BCUT2D eigenvalue weighted by molar-refractivity contribution is 0.270. The molecule has 3 N–H and O–H groups in total. The van der Waals surface area contributed by atoms with Gasteiger partial charge in [0.1, 0.15) is 5.69 Å². The summed E-state index contributed by atoms with van der Waals surface area (Å²) < 4.78 is 0. The molecule has 0 saturated heterocycles. The molecule has 6 nitrogen and oxygen atoms in total. The van der Waals surface area contributed by atoms with Gasteiger partial charge in [-0.25, -0.2) is 4.79 Å². The van der Waals surface area contributed by atoms with E-state index in [2.05, 4.69) is 15.3 Å². The van der Waals surface area contributed by atoms with Gasteiger partial charge in [-0.05, 0) is 0 Å². The van der Waals surface area contributed by atoms with Gasteiger partial charge in [0, 0.05) is 6.20 Å². The summed E-state index contributed by atoms with van der Waals surface area (Å²) in [4.78, 5) is 30.0. The number of nitrogens with one attached hydrogen (secondary N) is 3. The fourth-order valence-corrected chi connectivity index (χ4v) is 0.596. The maximum Gasteiger partial charge on any atom is 0.325 e. The predicted octanol–water partition coefficient (Wildman–Crippen LogP) is -0.964. The van der Waals surface area contributed by atoms with Crippen LogP contribution in [0.5, 0.6) is 0 Å². The van der Waals surface area contributed by atoms with E-state index in [0.717, 1.165) is 0 Å². The molecule has 60 valence electrons. The molecule has 1 aromatic heterocycles. The summed E-state index contributed by atoms with van der Waals surface area (Å²) in [6.45, 7) is 0. The lowest BCUT2D eigenvalue weighted by atomic mass is 10.5. The summed E-state index contributed by atoms with van der Waals surface area (Å²) in [7, 11) is 1.37. The van der Waals surface area contributed by atoms with Crippen LogP contribution in [0.2, 0.25) is 0 Å². The van der Waals surface area contributed by atoms with Gasteiger partial charge in [-0.15, -0.1) is 0 Å². The van der Waals surface area contributed by atoms with Crippen LogP contribution in [0, 0.1) is 0 Å². The third-order valence-electron chi connectivity index (χ3n) is 1.03. The summed E-state index contributed by atoms with van der Waals surface area (Å²) >= 11 is 0. The molecule has 0 amide bonds. The zero-order chi connectivity index (χ0) is 8.27. The van der Waals surface area contributed by atoms with Crippen molar-refractivity contribution < 1.29 is 4.84 Å². The number of aromatic amines is 2. The van der Waals surface area contributed by atoms with Gasteiger partial charge in [-0.1, -0.05) is 0 Å². The van der Waals surface area contributed by atoms with Gasteiger partial charge in [0.05, 0.1) is 7.11 Å². The molecular formula is C5H7N3O3. The zero-order valence-electron chi connectivity index (χ0n) is 5.80. The third kappa shape index (κ3) is 1.68. The van der Waals surface area contributed by atoms with E-state index >= 15 is 0 Å². The Labute approximate surface area is 61.2 Å². The summed E-state index contributed by atoms with van der Waals surface area (Å²) in [6, 6.07) is 0. The SMILES string of the molecule is CONc1c[nH]c(=O)[nH]c1=O. The minimum Gasteiger partial charge on any atom is -0.312 e. The van der Waals surface area contributed by atoms with Crippen LogP contribution >= 0.6 is 0 Å². The Morgan fingerprint density at radius 1 is 1.55 bits per heavy atom. The van der Waals surface area contributed by atoms with E-state index in [1.807, 2.05) is 4.98 Å². The van der Waals surface area contributed by atoms with Crippen molar-refractivity contribution in [2.24, 2.45) is 0 Å². The number of anilines is 1. The average Bonchev–Trinajstić information content (AvgIpc) is 1.95. The first kappa shape index (κ1) is 7.55. The topological polar surface area (TPSA) is 87.0 Å². The minimum atomic E-state index is -0.545. The van der Waals surface area contributed by atoms with E-state index in [9.17, 15) is 9.59 Å². The van der Waals surface area contributed by atoms with E-state index in [1.54, 1.807) is 0 Å². The second-order valence-corrected chi connectivity index (χ2v) is 1.79. The Morgan fingerprint density at radius 2 is 2.27 bits per heavy atom. The smallest absolute Gasteiger partial charge is 0.312 e. The van der Waals surface area contributed by atoms with Crippen LogP contribution in [0.15, 0.2) is 15.8 Å². The number of H-pyrrole nitrogens is 2. The van der Waals surface area contributed by atoms with Crippen LogP contribution in [0.3, 0.4) is 0 Å². The molecule has 1 rings (SSSR count). The molecule has 0 unspecified atom stereocenters. The van der Waals surface area contributed by atoms with Crippen molar-refractivity contribution >= 4 is 5.69 Å². The molecular weight excluding hydrogens is 150 g/mol. The van der Waals surface area contributed by atoms with E-state index < -0.39 is 11.2 Å². The first-order valence-corrected chi connectivity index (χ1v) is 2.85. The average molecular weight is 157 g/mol. The molecule has 0 aromatic carbocycles. The van der Waals surface area contributed by atoms with Crippen LogP contribution in [0.4, 0.5) is 5.69 Å². The van der Waals surface area contributed by atoms with Crippen molar-refractivity contribution in [2.75, 3.05) is 12.6 Å². The normalized spacial score (nSPS) is 9.55. The Balaban J connectivity index is 3.10. The highest BCUT2D eigenvalue weighted by Crippen LogP contribution is 1.88. The van der Waals surface area contributed by atoms with Crippen LogP contribution in [-0.2, 0) is 4.84 Å². The molecule has 6 heteroatoms. The molecule has 11 heavy (non-hydrogen) atoms. The Kier molecular flexibility index (Phi) is 2.07. The molecule has 0 aliphatic heterocycles. The number of hydrogen-bond acceptors (Lipinski definition) is 4. The van der Waals surface area contributed by atoms with Crippen LogP contribution in [-0.4, -0.2) is 17.1 Å². The van der Waals surface area contributed by atoms with Crippen molar-refractivity contribution in [3.8, 4) is 0 Å². The highest BCUT2D eigenvalue weighted by atomic mass is 16.6. The highest BCUT2D eigenvalue weighted by Gasteiger charge is 1.96. The molecule has 0 saturated carbocycles. The van der Waals surface area contributed by atoms with Gasteiger partial charge in [-0.2, -0.15) is 0 Å². The molecule has 1 aromatic rings. The first-order chi connectivity index (χ1) is 5.24. The molecule has 0 spiro atoms. The molecule has 0 radical (unpaired) electrons. The monoisotopic (exact) mass is 157 g/mol. The Hall–Kier alpha value is -1.56. The van der Waals surface area contributed by atoms with Crippen LogP contribution in [0.1, 0.15) is 0 Å². The van der Waals surface area contributed by atoms with E-state index in [-0.39, 0.29) is 5.69 Å². The molecule has 0 fully saturated rings. The quantitative estimate of drug-likeness (QED) is 0.482. The molecule has 1 heterocycles. The lowest BCUT2D eigenvalue weighted by Crippen LogP contribution is -2.23. The van der Waals surface area contributed by atoms with Crippen LogP contribution < -0.4 is 16.7 Å². The van der Waals surface area contributed by atoms with Gasteiger partial charge >= 0.3 is 5.69 Å². The third-order valence-corrected chi connectivity index (χ3v) is 1.03. The highest BCUT2D eigenvalue weighted by molar-refractivity contribution is 5.33. The van der Waals surface area contributed by atoms with E-state index in [4.69, 9.17) is 0 Å². The Morgan fingerprint density at radius 3 is 2.82 bits per heavy atom. The van der Waals surface area contributed by atoms with Gasteiger partial charge in [0.15, 0.2) is 0 Å². The second-order valence-electron chi connectivity index (χ2n) is 1.79. The second kappa shape index (κ2) is 3.02. The van der Waals surface area contributed by atoms with Crippen molar-refractivity contribution in [2.45, 2.75) is 0 Å². The van der Waals surface area contributed by atoms with Gasteiger partial charge in [0.25, 0.3) is 5.56 Å². The summed E-state index contributed by atoms with van der Waals surface area (Å²) in [5.41, 5.74) is 1.39. The van der Waals surface area contributed by atoms with Crippen molar-refractivity contribution in [1.82, 2.24) is 9.97 Å². The minimum absolute atomic E-state index is 0.159. The van der Waals surface area contributed by atoms with Gasteiger partial charge in [-0.3, -0.25) is 20.1 Å². The Bertz CT molecular complexity index is 339. The predicted molar refractivity (Wildman–Crippen MR) is 38.3 cm³/mol. The van der Waals surface area contributed by atoms with Gasteiger partial charge in [0.2, 0.25) is 0 Å². The maximum absolute atomic E-state index is 10.8. The summed E-state index contributed by atoms with van der Waals surface area (Å²) in [6.07, 6.45) is 1.23. The van der Waals surface area contributed by atoms with Crippen LogP contribution in [0.25, 0.3) is 0 Å². The summed E-state index contributed by atoms with van der Waals surface area (Å²) in [5.74, 6) is 0. The van der Waals surface area contributed by atoms with Gasteiger partial charge < -0.3 is 4.98 Å². The summed E-state index contributed by atoms with van der Waals surface area (Å²) in [5, 5.41) is 0.